The molecule has 116 valence electrons. The second-order valence-electron chi connectivity index (χ2n) is 5.50. The van der Waals surface area contributed by atoms with Crippen LogP contribution < -0.4 is 5.32 Å². The van der Waals surface area contributed by atoms with Crippen molar-refractivity contribution in [1.82, 2.24) is 10.2 Å². The predicted molar refractivity (Wildman–Crippen MR) is 75.4 cm³/mol. The fourth-order valence-electron chi connectivity index (χ4n) is 2.36. The number of nitrogens with zero attached hydrogens (tertiary/aromatic N) is 1. The van der Waals surface area contributed by atoms with Gasteiger partial charge in [-0.25, -0.2) is 9.59 Å². The fourth-order valence-corrected chi connectivity index (χ4v) is 2.36. The molecule has 0 aromatic rings. The first kappa shape index (κ1) is 16.8. The molecule has 1 heterocycles. The summed E-state index contributed by atoms with van der Waals surface area (Å²) in [5, 5.41) is 2.79. The highest BCUT2D eigenvalue weighted by atomic mass is 16.5. The van der Waals surface area contributed by atoms with Gasteiger partial charge >= 0.3 is 12.0 Å². The number of hydrogen-bond donors (Lipinski definition) is 1. The number of nitrogens with one attached hydrogen (secondary N) is 1. The van der Waals surface area contributed by atoms with Gasteiger partial charge in [0.05, 0.1) is 19.3 Å². The van der Waals surface area contributed by atoms with Crippen LogP contribution in [0.25, 0.3) is 0 Å². The van der Waals surface area contributed by atoms with Crippen LogP contribution in [-0.4, -0.2) is 55.3 Å². The second-order valence-corrected chi connectivity index (χ2v) is 5.50. The fraction of sp³-hybridized carbons (Fsp3) is 0.857. The SMILES string of the molecule is CC[C@@H](C)[C@H](NC(=O)N1C[C@H](C)O[C@@H](C)C1)C(=O)OC. The van der Waals surface area contributed by atoms with Gasteiger partial charge in [0.25, 0.3) is 0 Å². The highest BCUT2D eigenvalue weighted by molar-refractivity contribution is 5.83. The molecule has 1 rings (SSSR count). The van der Waals surface area contributed by atoms with Gasteiger partial charge in [-0.05, 0) is 19.8 Å². The maximum absolute atomic E-state index is 12.3. The molecule has 6 nitrogen and oxygen atoms in total. The number of morpholine rings is 1. The van der Waals surface area contributed by atoms with Crippen molar-refractivity contribution in [2.45, 2.75) is 52.4 Å². The van der Waals surface area contributed by atoms with Crippen molar-refractivity contribution < 1.29 is 19.1 Å². The number of ether oxygens (including phenoxy) is 2. The number of urea groups is 1. The molecule has 0 radical (unpaired) electrons. The zero-order chi connectivity index (χ0) is 15.3. The molecular formula is C14H26N2O4. The Hall–Kier alpha value is -1.30. The lowest BCUT2D eigenvalue weighted by Gasteiger charge is -2.36. The van der Waals surface area contributed by atoms with Gasteiger partial charge in [-0.2, -0.15) is 0 Å². The Morgan fingerprint density at radius 2 is 1.90 bits per heavy atom. The van der Waals surface area contributed by atoms with E-state index >= 15 is 0 Å². The summed E-state index contributed by atoms with van der Waals surface area (Å²) >= 11 is 0. The Kier molecular flexibility index (Phi) is 6.26. The summed E-state index contributed by atoms with van der Waals surface area (Å²) in [6.45, 7) is 8.83. The van der Waals surface area contributed by atoms with Gasteiger partial charge < -0.3 is 19.7 Å². The third-order valence-corrected chi connectivity index (χ3v) is 3.65. The minimum Gasteiger partial charge on any atom is -0.467 e. The minimum atomic E-state index is -0.606. The molecule has 0 aliphatic carbocycles. The van der Waals surface area contributed by atoms with Crippen LogP contribution in [0.15, 0.2) is 0 Å². The van der Waals surface area contributed by atoms with E-state index in [2.05, 4.69) is 5.32 Å². The van der Waals surface area contributed by atoms with Gasteiger partial charge in [0.1, 0.15) is 6.04 Å². The van der Waals surface area contributed by atoms with Crippen molar-refractivity contribution in [1.29, 1.82) is 0 Å². The third-order valence-electron chi connectivity index (χ3n) is 3.65. The summed E-state index contributed by atoms with van der Waals surface area (Å²) in [6.07, 6.45) is 0.796. The van der Waals surface area contributed by atoms with Crippen molar-refractivity contribution in [3.05, 3.63) is 0 Å². The lowest BCUT2D eigenvalue weighted by Crippen LogP contribution is -2.56. The molecule has 0 saturated carbocycles. The third kappa shape index (κ3) is 4.37. The van der Waals surface area contributed by atoms with Crippen molar-refractivity contribution in [3.63, 3.8) is 0 Å². The standard InChI is InChI=1S/C14H26N2O4/c1-6-9(2)12(13(17)19-5)15-14(18)16-7-10(3)20-11(4)8-16/h9-12H,6-8H2,1-5H3,(H,15,18)/t9-,10+,11+,12+/m1/s1. The van der Waals surface area contributed by atoms with Crippen molar-refractivity contribution >= 4 is 12.0 Å². The lowest BCUT2D eigenvalue weighted by molar-refractivity contribution is -0.144. The summed E-state index contributed by atoms with van der Waals surface area (Å²) in [4.78, 5) is 25.8. The number of amides is 2. The molecule has 0 spiro atoms. The van der Waals surface area contributed by atoms with Crippen LogP contribution in [-0.2, 0) is 14.3 Å². The van der Waals surface area contributed by atoms with E-state index in [4.69, 9.17) is 9.47 Å². The summed E-state index contributed by atoms with van der Waals surface area (Å²) in [5.41, 5.74) is 0. The predicted octanol–water partition coefficient (Wildman–Crippen LogP) is 1.39. The Labute approximate surface area is 120 Å². The van der Waals surface area contributed by atoms with Gasteiger partial charge in [0.15, 0.2) is 0 Å². The minimum absolute atomic E-state index is 0.00433. The van der Waals surface area contributed by atoms with E-state index in [1.54, 1.807) is 4.90 Å². The average Bonchev–Trinajstić information content (AvgIpc) is 2.41. The van der Waals surface area contributed by atoms with Crippen LogP contribution >= 0.6 is 0 Å². The molecule has 1 fully saturated rings. The van der Waals surface area contributed by atoms with Crippen molar-refractivity contribution in [2.75, 3.05) is 20.2 Å². The van der Waals surface area contributed by atoms with Gasteiger partial charge in [0, 0.05) is 13.1 Å². The second kappa shape index (κ2) is 7.47. The van der Waals surface area contributed by atoms with Crippen LogP contribution in [0.1, 0.15) is 34.1 Å². The van der Waals surface area contributed by atoms with Gasteiger partial charge in [0.2, 0.25) is 0 Å². The van der Waals surface area contributed by atoms with E-state index in [9.17, 15) is 9.59 Å². The largest absolute Gasteiger partial charge is 0.467 e. The molecule has 0 aromatic heterocycles. The van der Waals surface area contributed by atoms with E-state index in [-0.39, 0.29) is 24.2 Å². The van der Waals surface area contributed by atoms with Crippen molar-refractivity contribution in [2.24, 2.45) is 5.92 Å². The van der Waals surface area contributed by atoms with E-state index in [1.807, 2.05) is 27.7 Å². The topological polar surface area (TPSA) is 67.9 Å². The Morgan fingerprint density at radius 1 is 1.35 bits per heavy atom. The normalized spacial score (nSPS) is 25.8. The molecule has 0 aromatic carbocycles. The number of carbonyl (C=O) groups excluding carboxylic acids is 2. The monoisotopic (exact) mass is 286 g/mol. The maximum Gasteiger partial charge on any atom is 0.328 e. The Bertz CT molecular complexity index is 338. The highest BCUT2D eigenvalue weighted by Gasteiger charge is 2.31. The first-order valence-electron chi connectivity index (χ1n) is 7.17. The van der Waals surface area contributed by atoms with E-state index in [0.29, 0.717) is 13.1 Å². The molecule has 1 aliphatic rings. The summed E-state index contributed by atoms with van der Waals surface area (Å²) in [6, 6.07) is -0.839. The molecule has 0 unspecified atom stereocenters. The molecule has 1 saturated heterocycles. The molecule has 1 N–H and O–H groups in total. The summed E-state index contributed by atoms with van der Waals surface area (Å²) in [5.74, 6) is -0.371. The Morgan fingerprint density at radius 3 is 2.35 bits per heavy atom. The zero-order valence-corrected chi connectivity index (χ0v) is 13.0. The van der Waals surface area contributed by atoms with Crippen LogP contribution in [0.3, 0.4) is 0 Å². The van der Waals surface area contributed by atoms with Gasteiger partial charge in [-0.15, -0.1) is 0 Å². The first-order chi connectivity index (χ1) is 9.38. The molecule has 2 amide bonds. The van der Waals surface area contributed by atoms with Crippen LogP contribution in [0.4, 0.5) is 4.79 Å². The van der Waals surface area contributed by atoms with E-state index < -0.39 is 12.0 Å². The summed E-state index contributed by atoms with van der Waals surface area (Å²) < 4.78 is 10.4. The smallest absolute Gasteiger partial charge is 0.328 e. The van der Waals surface area contributed by atoms with E-state index in [1.165, 1.54) is 7.11 Å². The molecule has 4 atom stereocenters. The number of carbonyl (C=O) groups is 2. The quantitative estimate of drug-likeness (QED) is 0.793. The molecule has 6 heteroatoms. The Balaban J connectivity index is 2.67. The van der Waals surface area contributed by atoms with Crippen LogP contribution in [0.5, 0.6) is 0 Å². The van der Waals surface area contributed by atoms with Crippen LogP contribution in [0.2, 0.25) is 0 Å². The number of methoxy groups -OCH3 is 1. The molecule has 20 heavy (non-hydrogen) atoms. The number of esters is 1. The van der Waals surface area contributed by atoms with E-state index in [0.717, 1.165) is 6.42 Å². The molecule has 0 bridgehead atoms. The maximum atomic E-state index is 12.3. The van der Waals surface area contributed by atoms with Gasteiger partial charge in [-0.1, -0.05) is 20.3 Å². The number of rotatable bonds is 4. The number of hydrogen-bond acceptors (Lipinski definition) is 4. The van der Waals surface area contributed by atoms with Crippen molar-refractivity contribution in [3.8, 4) is 0 Å². The lowest BCUT2D eigenvalue weighted by atomic mass is 9.99. The summed E-state index contributed by atoms with van der Waals surface area (Å²) in [7, 11) is 1.34. The molecular weight excluding hydrogens is 260 g/mol. The van der Waals surface area contributed by atoms with Gasteiger partial charge in [-0.3, -0.25) is 0 Å². The van der Waals surface area contributed by atoms with Crippen LogP contribution in [0, 0.1) is 5.92 Å². The molecule has 1 aliphatic heterocycles. The average molecular weight is 286 g/mol. The zero-order valence-electron chi connectivity index (χ0n) is 13.0. The highest BCUT2D eigenvalue weighted by Crippen LogP contribution is 2.13. The first-order valence-corrected chi connectivity index (χ1v) is 7.17.